The Kier molecular flexibility index (Phi) is 5.86. The zero-order valence-electron chi connectivity index (χ0n) is 10.0. The number of rotatable bonds is 6. The minimum absolute atomic E-state index is 0.201. The first-order valence-electron chi connectivity index (χ1n) is 5.17. The summed E-state index contributed by atoms with van der Waals surface area (Å²) in [6, 6.07) is 0. The summed E-state index contributed by atoms with van der Waals surface area (Å²) in [6.07, 6.45) is -9.28. The predicted octanol–water partition coefficient (Wildman–Crippen LogP) is 5.69. The van der Waals surface area contributed by atoms with Crippen LogP contribution in [0.4, 0.5) is 48.3 Å². The van der Waals surface area contributed by atoms with Gasteiger partial charge in [-0.2, -0.15) is 48.3 Å². The van der Waals surface area contributed by atoms with E-state index in [0.717, 1.165) is 0 Å². The lowest BCUT2D eigenvalue weighted by atomic mass is 9.95. The van der Waals surface area contributed by atoms with Gasteiger partial charge < -0.3 is 0 Å². The molecule has 0 nitrogen and oxygen atoms in total. The van der Waals surface area contributed by atoms with Gasteiger partial charge in [0, 0.05) is 10.3 Å². The van der Waals surface area contributed by atoms with Gasteiger partial charge in [0.1, 0.15) is 0 Å². The summed E-state index contributed by atoms with van der Waals surface area (Å²) in [5.74, 6) is -27.2. The van der Waals surface area contributed by atoms with Crippen molar-refractivity contribution >= 4 is 22.6 Å². The van der Waals surface area contributed by atoms with Crippen molar-refractivity contribution in [3.63, 3.8) is 0 Å². The molecule has 0 heterocycles. The zero-order chi connectivity index (χ0) is 17.5. The van der Waals surface area contributed by atoms with Gasteiger partial charge in [-0.3, -0.25) is 0 Å². The van der Waals surface area contributed by atoms with Crippen molar-refractivity contribution in [2.24, 2.45) is 0 Å². The molecule has 0 fully saturated rings. The van der Waals surface area contributed by atoms with E-state index in [4.69, 9.17) is 0 Å². The topological polar surface area (TPSA) is 0 Å². The van der Waals surface area contributed by atoms with Gasteiger partial charge in [0.05, 0.1) is 0 Å². The standard InChI is InChI=1S/C9H8F11I/c1-2-4(21)3-5(10,11)6(12,13)7(14,15)8(16,17)9(18,19)20/h4H,2-3H2,1H3. The molecule has 0 aliphatic heterocycles. The van der Waals surface area contributed by atoms with Crippen molar-refractivity contribution in [3.8, 4) is 0 Å². The van der Waals surface area contributed by atoms with Crippen molar-refractivity contribution in [2.45, 2.75) is 53.6 Å². The van der Waals surface area contributed by atoms with Crippen LogP contribution in [0.25, 0.3) is 0 Å². The molecule has 0 amide bonds. The van der Waals surface area contributed by atoms with E-state index < -0.39 is 40.2 Å². The molecule has 0 radical (unpaired) electrons. The van der Waals surface area contributed by atoms with E-state index in [1.165, 1.54) is 29.5 Å². The summed E-state index contributed by atoms with van der Waals surface area (Å²) in [4.78, 5) is 0. The molecule has 0 aliphatic rings. The first-order chi connectivity index (χ1) is 8.95. The predicted molar refractivity (Wildman–Crippen MR) is 58.6 cm³/mol. The van der Waals surface area contributed by atoms with Gasteiger partial charge in [-0.15, -0.1) is 0 Å². The summed E-state index contributed by atoms with van der Waals surface area (Å²) in [5.41, 5.74) is 0. The minimum Gasteiger partial charge on any atom is -0.200 e. The van der Waals surface area contributed by atoms with Crippen LogP contribution in [0.1, 0.15) is 19.8 Å². The lowest BCUT2D eigenvalue weighted by Gasteiger charge is -2.37. The van der Waals surface area contributed by atoms with Gasteiger partial charge in [-0.05, 0) is 6.42 Å². The molecule has 128 valence electrons. The second-order valence-corrected chi connectivity index (χ2v) is 5.90. The Bertz CT molecular complexity index is 359. The molecular weight excluding hydrogens is 444 g/mol. The molecule has 0 rings (SSSR count). The minimum atomic E-state index is -7.31. The van der Waals surface area contributed by atoms with Gasteiger partial charge in [0.25, 0.3) is 0 Å². The van der Waals surface area contributed by atoms with E-state index in [-0.39, 0.29) is 6.42 Å². The first kappa shape index (κ1) is 21.0. The Labute approximate surface area is 125 Å². The molecule has 0 saturated heterocycles. The van der Waals surface area contributed by atoms with E-state index in [9.17, 15) is 48.3 Å². The van der Waals surface area contributed by atoms with Crippen molar-refractivity contribution in [3.05, 3.63) is 0 Å². The van der Waals surface area contributed by atoms with Crippen molar-refractivity contribution in [1.82, 2.24) is 0 Å². The van der Waals surface area contributed by atoms with E-state index in [1.54, 1.807) is 0 Å². The van der Waals surface area contributed by atoms with Gasteiger partial charge in [-0.25, -0.2) is 0 Å². The molecule has 0 bridgehead atoms. The van der Waals surface area contributed by atoms with Crippen LogP contribution in [0, 0.1) is 0 Å². The number of halogens is 12. The molecule has 0 aromatic carbocycles. The molecule has 1 unspecified atom stereocenters. The summed E-state index contributed by atoms with van der Waals surface area (Å²) >= 11 is 1.17. The zero-order valence-corrected chi connectivity index (χ0v) is 12.2. The molecule has 0 aliphatic carbocycles. The van der Waals surface area contributed by atoms with Crippen molar-refractivity contribution < 1.29 is 48.3 Å². The molecule has 0 aromatic heterocycles. The highest BCUT2D eigenvalue weighted by molar-refractivity contribution is 14.1. The Balaban J connectivity index is 5.77. The molecular formula is C9H8F11I. The fraction of sp³-hybridized carbons (Fsp3) is 1.00. The van der Waals surface area contributed by atoms with E-state index in [0.29, 0.717) is 0 Å². The Hall–Kier alpha value is -0.0400. The third-order valence-corrected chi connectivity index (χ3v) is 3.85. The number of hydrogen-bond acceptors (Lipinski definition) is 0. The van der Waals surface area contributed by atoms with E-state index in [2.05, 4.69) is 0 Å². The molecule has 1 atom stereocenters. The van der Waals surface area contributed by atoms with Crippen LogP contribution in [0.15, 0.2) is 0 Å². The van der Waals surface area contributed by atoms with Gasteiger partial charge >= 0.3 is 29.9 Å². The normalized spacial score (nSPS) is 17.0. The summed E-state index contributed by atoms with van der Waals surface area (Å²) in [7, 11) is 0. The van der Waals surface area contributed by atoms with Gasteiger partial charge in [0.15, 0.2) is 0 Å². The summed E-state index contributed by atoms with van der Waals surface area (Å²) < 4.78 is 137. The van der Waals surface area contributed by atoms with Crippen LogP contribution in [-0.2, 0) is 0 Å². The second kappa shape index (κ2) is 5.87. The summed E-state index contributed by atoms with van der Waals surface area (Å²) in [5, 5.41) is 0. The molecule has 0 spiro atoms. The van der Waals surface area contributed by atoms with Crippen LogP contribution in [0.3, 0.4) is 0 Å². The number of hydrogen-bond donors (Lipinski definition) is 0. The Morgan fingerprint density at radius 1 is 0.714 bits per heavy atom. The fourth-order valence-electron chi connectivity index (χ4n) is 1.16. The maximum Gasteiger partial charge on any atom is 0.460 e. The molecule has 0 saturated carbocycles. The van der Waals surface area contributed by atoms with Crippen LogP contribution in [0.2, 0.25) is 0 Å². The maximum absolute atomic E-state index is 13.1. The highest BCUT2D eigenvalue weighted by atomic mass is 127. The molecule has 0 N–H and O–H groups in total. The highest BCUT2D eigenvalue weighted by Gasteiger charge is 2.86. The third-order valence-electron chi connectivity index (χ3n) is 2.52. The third kappa shape index (κ3) is 3.49. The lowest BCUT2D eigenvalue weighted by Crippen LogP contribution is -2.66. The Morgan fingerprint density at radius 2 is 1.10 bits per heavy atom. The van der Waals surface area contributed by atoms with E-state index >= 15 is 0 Å². The largest absolute Gasteiger partial charge is 0.460 e. The molecule has 21 heavy (non-hydrogen) atoms. The van der Waals surface area contributed by atoms with Gasteiger partial charge in [-0.1, -0.05) is 29.5 Å². The monoisotopic (exact) mass is 452 g/mol. The first-order valence-corrected chi connectivity index (χ1v) is 6.42. The average molecular weight is 452 g/mol. The number of alkyl halides is 12. The van der Waals surface area contributed by atoms with Gasteiger partial charge in [0.2, 0.25) is 0 Å². The SMILES string of the molecule is CCC(I)CC(F)(F)C(F)(F)C(F)(F)C(F)(F)C(F)(F)F. The summed E-state index contributed by atoms with van der Waals surface area (Å²) in [6.45, 7) is 1.22. The highest BCUT2D eigenvalue weighted by Crippen LogP contribution is 2.58. The molecule has 0 aromatic rings. The smallest absolute Gasteiger partial charge is 0.200 e. The lowest BCUT2D eigenvalue weighted by molar-refractivity contribution is -0.422. The van der Waals surface area contributed by atoms with E-state index in [1.807, 2.05) is 0 Å². The molecule has 12 heteroatoms. The van der Waals surface area contributed by atoms with Crippen LogP contribution < -0.4 is 0 Å². The average Bonchev–Trinajstić information content (AvgIpc) is 2.25. The quantitative estimate of drug-likeness (QED) is 0.276. The van der Waals surface area contributed by atoms with Crippen molar-refractivity contribution in [2.75, 3.05) is 0 Å². The maximum atomic E-state index is 13.1. The Morgan fingerprint density at radius 3 is 1.38 bits per heavy atom. The second-order valence-electron chi connectivity index (χ2n) is 4.14. The van der Waals surface area contributed by atoms with Crippen LogP contribution in [-0.4, -0.2) is 33.8 Å². The fourth-order valence-corrected chi connectivity index (χ4v) is 1.71. The van der Waals surface area contributed by atoms with Crippen LogP contribution >= 0.6 is 22.6 Å². The van der Waals surface area contributed by atoms with Crippen LogP contribution in [0.5, 0.6) is 0 Å². The van der Waals surface area contributed by atoms with Crippen molar-refractivity contribution in [1.29, 1.82) is 0 Å².